The minimum atomic E-state index is 0. The van der Waals surface area contributed by atoms with Gasteiger partial charge in [0.2, 0.25) is 5.91 Å². The van der Waals surface area contributed by atoms with E-state index in [1.807, 2.05) is 7.05 Å². The maximum atomic E-state index is 11.6. The maximum absolute atomic E-state index is 11.6. The molecule has 0 aromatic heterocycles. The van der Waals surface area contributed by atoms with Gasteiger partial charge in [-0.3, -0.25) is 9.79 Å². The third-order valence-electron chi connectivity index (χ3n) is 3.90. The summed E-state index contributed by atoms with van der Waals surface area (Å²) in [4.78, 5) is 19.6. The number of rotatable bonds is 8. The first kappa shape index (κ1) is 22.1. The normalized spacial score (nSPS) is 13.8. The fourth-order valence-corrected chi connectivity index (χ4v) is 2.79. The molecule has 0 aliphatic heterocycles. The number of benzene rings is 1. The van der Waals surface area contributed by atoms with Gasteiger partial charge in [0.05, 0.1) is 6.54 Å². The number of hydrogen-bond acceptors (Lipinski definition) is 3. The van der Waals surface area contributed by atoms with Gasteiger partial charge in [-0.1, -0.05) is 12.1 Å². The van der Waals surface area contributed by atoms with Gasteiger partial charge >= 0.3 is 0 Å². The van der Waals surface area contributed by atoms with Crippen LogP contribution < -0.4 is 10.6 Å². The van der Waals surface area contributed by atoms with E-state index < -0.39 is 0 Å². The van der Waals surface area contributed by atoms with Crippen molar-refractivity contribution in [3.63, 3.8) is 0 Å². The molecule has 0 atom stereocenters. The lowest BCUT2D eigenvalue weighted by Gasteiger charge is -2.22. The molecule has 0 bridgehead atoms. The van der Waals surface area contributed by atoms with E-state index in [0.29, 0.717) is 13.1 Å². The van der Waals surface area contributed by atoms with E-state index in [1.54, 1.807) is 11.8 Å². The molecule has 1 amide bonds. The number of amides is 1. The van der Waals surface area contributed by atoms with Crippen LogP contribution in [0.3, 0.4) is 0 Å². The monoisotopic (exact) mass is 476 g/mol. The van der Waals surface area contributed by atoms with E-state index in [2.05, 4.69) is 58.0 Å². The van der Waals surface area contributed by atoms with E-state index in [0.717, 1.165) is 31.9 Å². The molecular formula is C18H29IN4OS. The Hall–Kier alpha value is -0.960. The summed E-state index contributed by atoms with van der Waals surface area (Å²) in [7, 11) is 2.03. The highest BCUT2D eigenvalue weighted by Gasteiger charge is 2.28. The summed E-state index contributed by atoms with van der Waals surface area (Å²) in [5, 5.41) is 6.26. The van der Waals surface area contributed by atoms with E-state index >= 15 is 0 Å². The molecule has 0 spiro atoms. The maximum Gasteiger partial charge on any atom is 0.223 e. The Bertz CT molecular complexity index is 561. The van der Waals surface area contributed by atoms with E-state index in [4.69, 9.17) is 0 Å². The summed E-state index contributed by atoms with van der Waals surface area (Å²) >= 11 is 1.75. The highest BCUT2D eigenvalue weighted by Crippen LogP contribution is 2.28. The molecule has 140 valence electrons. The van der Waals surface area contributed by atoms with Crippen molar-refractivity contribution in [1.29, 1.82) is 0 Å². The van der Waals surface area contributed by atoms with Gasteiger partial charge in [-0.25, -0.2) is 0 Å². The zero-order valence-corrected chi connectivity index (χ0v) is 18.4. The molecule has 1 saturated carbocycles. The number of aliphatic imine (C=N–C) groups is 1. The van der Waals surface area contributed by atoms with Crippen molar-refractivity contribution in [3.05, 3.63) is 29.8 Å². The standard InChI is InChI=1S/C18H28N4OS.HI/c1-4-19-18(21-12-11-20-17(23)15-7-8-15)22(2)13-14-5-9-16(24-3)10-6-14;/h5-6,9-10,15H,4,7-8,11-13H2,1-3H3,(H,19,21)(H,20,23);1H. The molecule has 1 aliphatic rings. The van der Waals surface area contributed by atoms with Crippen LogP contribution in [0.5, 0.6) is 0 Å². The number of thioether (sulfide) groups is 1. The summed E-state index contributed by atoms with van der Waals surface area (Å²) in [5.74, 6) is 1.30. The smallest absolute Gasteiger partial charge is 0.223 e. The lowest BCUT2D eigenvalue weighted by molar-refractivity contribution is -0.122. The average Bonchev–Trinajstić information content (AvgIpc) is 3.43. The fourth-order valence-electron chi connectivity index (χ4n) is 2.38. The van der Waals surface area contributed by atoms with Gasteiger partial charge < -0.3 is 15.5 Å². The van der Waals surface area contributed by atoms with Gasteiger partial charge in [0, 0.05) is 37.5 Å². The average molecular weight is 476 g/mol. The highest BCUT2D eigenvalue weighted by molar-refractivity contribution is 14.0. The van der Waals surface area contributed by atoms with Crippen LogP contribution in [0.15, 0.2) is 34.2 Å². The van der Waals surface area contributed by atoms with Crippen molar-refractivity contribution in [2.45, 2.75) is 31.2 Å². The van der Waals surface area contributed by atoms with Crippen LogP contribution >= 0.6 is 35.7 Å². The van der Waals surface area contributed by atoms with Crippen LogP contribution in [0.2, 0.25) is 0 Å². The molecule has 1 aromatic rings. The molecule has 2 rings (SSSR count). The van der Waals surface area contributed by atoms with Crippen molar-refractivity contribution < 1.29 is 4.79 Å². The molecule has 0 saturated heterocycles. The van der Waals surface area contributed by atoms with Gasteiger partial charge in [0.15, 0.2) is 5.96 Å². The quantitative estimate of drug-likeness (QED) is 0.199. The number of carbonyl (C=O) groups is 1. The summed E-state index contributed by atoms with van der Waals surface area (Å²) < 4.78 is 0. The molecule has 0 unspecified atom stereocenters. The summed E-state index contributed by atoms with van der Waals surface area (Å²) in [6, 6.07) is 8.60. The zero-order valence-electron chi connectivity index (χ0n) is 15.2. The largest absolute Gasteiger partial charge is 0.357 e. The van der Waals surface area contributed by atoms with Gasteiger partial charge in [-0.05, 0) is 43.7 Å². The Balaban J connectivity index is 0.00000312. The zero-order chi connectivity index (χ0) is 17.4. The Morgan fingerprint density at radius 1 is 1.28 bits per heavy atom. The van der Waals surface area contributed by atoms with Crippen molar-refractivity contribution in [2.24, 2.45) is 10.9 Å². The molecule has 25 heavy (non-hydrogen) atoms. The van der Waals surface area contributed by atoms with Crippen LogP contribution in [0, 0.1) is 5.92 Å². The van der Waals surface area contributed by atoms with Crippen molar-refractivity contribution in [3.8, 4) is 0 Å². The van der Waals surface area contributed by atoms with Crippen LogP contribution in [0.1, 0.15) is 25.3 Å². The third-order valence-corrected chi connectivity index (χ3v) is 4.64. The van der Waals surface area contributed by atoms with Crippen LogP contribution in [0.4, 0.5) is 0 Å². The first-order valence-corrected chi connectivity index (χ1v) is 9.76. The number of carbonyl (C=O) groups excluding carboxylic acids is 1. The SMILES string of the molecule is CCNC(=NCCNC(=O)C1CC1)N(C)Cc1ccc(SC)cc1.I. The molecule has 1 fully saturated rings. The molecule has 2 N–H and O–H groups in total. The number of halogens is 1. The Morgan fingerprint density at radius 3 is 2.52 bits per heavy atom. The van der Waals surface area contributed by atoms with Crippen LogP contribution in [0.25, 0.3) is 0 Å². The van der Waals surface area contributed by atoms with Crippen LogP contribution in [-0.4, -0.2) is 49.7 Å². The predicted octanol–water partition coefficient (Wildman–Crippen LogP) is 2.95. The van der Waals surface area contributed by atoms with Gasteiger partial charge in [-0.2, -0.15) is 0 Å². The van der Waals surface area contributed by atoms with Crippen molar-refractivity contribution >= 4 is 47.6 Å². The first-order chi connectivity index (χ1) is 11.6. The number of guanidine groups is 1. The topological polar surface area (TPSA) is 56.7 Å². The number of nitrogens with zero attached hydrogens (tertiary/aromatic N) is 2. The minimum absolute atomic E-state index is 0. The Labute approximate surface area is 172 Å². The second-order valence-corrected chi connectivity index (χ2v) is 6.88. The van der Waals surface area contributed by atoms with E-state index in [-0.39, 0.29) is 35.8 Å². The van der Waals surface area contributed by atoms with Crippen LogP contribution in [-0.2, 0) is 11.3 Å². The Kier molecular flexibility index (Phi) is 10.3. The van der Waals surface area contributed by atoms with E-state index in [1.165, 1.54) is 10.5 Å². The number of hydrogen-bond donors (Lipinski definition) is 2. The molecule has 1 aliphatic carbocycles. The summed E-state index contributed by atoms with van der Waals surface area (Å²) in [6.07, 6.45) is 4.16. The summed E-state index contributed by atoms with van der Waals surface area (Å²) in [6.45, 7) is 4.88. The van der Waals surface area contributed by atoms with Gasteiger partial charge in [0.1, 0.15) is 0 Å². The van der Waals surface area contributed by atoms with Gasteiger partial charge in [0.25, 0.3) is 0 Å². The Morgan fingerprint density at radius 2 is 1.96 bits per heavy atom. The molecule has 0 radical (unpaired) electrons. The lowest BCUT2D eigenvalue weighted by atomic mass is 10.2. The second kappa shape index (κ2) is 11.6. The minimum Gasteiger partial charge on any atom is -0.357 e. The summed E-state index contributed by atoms with van der Waals surface area (Å²) in [5.41, 5.74) is 1.25. The lowest BCUT2D eigenvalue weighted by Crippen LogP contribution is -2.39. The second-order valence-electron chi connectivity index (χ2n) is 6.01. The van der Waals surface area contributed by atoms with E-state index in [9.17, 15) is 4.79 Å². The number of nitrogens with one attached hydrogen (secondary N) is 2. The first-order valence-electron chi connectivity index (χ1n) is 8.54. The highest BCUT2D eigenvalue weighted by atomic mass is 127. The molecule has 1 aromatic carbocycles. The molecule has 0 heterocycles. The molecule has 7 heteroatoms. The van der Waals surface area contributed by atoms with Crippen molar-refractivity contribution in [1.82, 2.24) is 15.5 Å². The fraction of sp³-hybridized carbons (Fsp3) is 0.556. The molecule has 5 nitrogen and oxygen atoms in total. The van der Waals surface area contributed by atoms with Crippen molar-refractivity contribution in [2.75, 3.05) is 32.9 Å². The third kappa shape index (κ3) is 7.85. The predicted molar refractivity (Wildman–Crippen MR) is 117 cm³/mol. The molecular weight excluding hydrogens is 447 g/mol. The van der Waals surface area contributed by atoms with Gasteiger partial charge in [-0.15, -0.1) is 35.7 Å².